The monoisotopic (exact) mass is 324 g/mol. The lowest BCUT2D eigenvalue weighted by atomic mass is 10.2. The predicted octanol–water partition coefficient (Wildman–Crippen LogP) is 4.09. The van der Waals surface area contributed by atoms with E-state index in [1.165, 1.54) is 0 Å². The van der Waals surface area contributed by atoms with E-state index < -0.39 is 0 Å². The van der Waals surface area contributed by atoms with Gasteiger partial charge in [0.2, 0.25) is 0 Å². The van der Waals surface area contributed by atoms with Gasteiger partial charge in [0.15, 0.2) is 0 Å². The smallest absolute Gasteiger partial charge is 0.120 e. The Morgan fingerprint density at radius 2 is 2.29 bits per heavy atom. The lowest BCUT2D eigenvalue weighted by Gasteiger charge is -2.18. The summed E-state index contributed by atoms with van der Waals surface area (Å²) >= 11 is 7.66. The minimum Gasteiger partial charge on any atom is -0.492 e. The predicted molar refractivity (Wildman–Crippen MR) is 89.6 cm³/mol. The molecule has 0 saturated heterocycles. The van der Waals surface area contributed by atoms with Crippen molar-refractivity contribution in [2.75, 3.05) is 13.2 Å². The molecule has 1 aromatic heterocycles. The lowest BCUT2D eigenvalue weighted by molar-refractivity contribution is 0.262. The van der Waals surface area contributed by atoms with Gasteiger partial charge in [-0.05, 0) is 38.1 Å². The highest BCUT2D eigenvalue weighted by atomic mass is 35.5. The van der Waals surface area contributed by atoms with Gasteiger partial charge in [0.1, 0.15) is 12.4 Å². The lowest BCUT2D eigenvalue weighted by Crippen LogP contribution is -2.37. The van der Waals surface area contributed by atoms with Crippen LogP contribution in [0.4, 0.5) is 0 Å². The van der Waals surface area contributed by atoms with Gasteiger partial charge in [0.05, 0.1) is 10.7 Å². The number of ether oxygens (including phenoxy) is 1. The number of nitrogens with one attached hydrogen (secondary N) is 1. The Balaban J connectivity index is 1.92. The molecule has 114 valence electrons. The Labute approximate surface area is 135 Å². The SMILES string of the molecule is CCCNC(COc1cccc(Cl)c1)Cc1csc(C)n1. The van der Waals surface area contributed by atoms with Crippen molar-refractivity contribution in [3.05, 3.63) is 45.4 Å². The Kier molecular flexibility index (Phi) is 6.49. The van der Waals surface area contributed by atoms with Gasteiger partial charge in [0, 0.05) is 22.9 Å². The average molecular weight is 325 g/mol. The molecule has 3 nitrogen and oxygen atoms in total. The molecule has 1 atom stereocenters. The van der Waals surface area contributed by atoms with Crippen LogP contribution in [0.1, 0.15) is 24.0 Å². The first kappa shape index (κ1) is 16.3. The van der Waals surface area contributed by atoms with Crippen molar-refractivity contribution in [3.8, 4) is 5.75 Å². The van der Waals surface area contributed by atoms with Crippen LogP contribution >= 0.6 is 22.9 Å². The third-order valence-electron chi connectivity index (χ3n) is 3.05. The zero-order chi connectivity index (χ0) is 15.1. The summed E-state index contributed by atoms with van der Waals surface area (Å²) < 4.78 is 5.85. The number of nitrogens with zero attached hydrogens (tertiary/aromatic N) is 1. The van der Waals surface area contributed by atoms with Crippen molar-refractivity contribution in [2.45, 2.75) is 32.7 Å². The van der Waals surface area contributed by atoms with Gasteiger partial charge in [-0.1, -0.05) is 24.6 Å². The van der Waals surface area contributed by atoms with Gasteiger partial charge < -0.3 is 10.1 Å². The minimum atomic E-state index is 0.255. The molecule has 0 radical (unpaired) electrons. The number of aromatic nitrogens is 1. The van der Waals surface area contributed by atoms with E-state index in [9.17, 15) is 0 Å². The third kappa shape index (κ3) is 5.65. The van der Waals surface area contributed by atoms with E-state index in [1.807, 2.05) is 31.2 Å². The van der Waals surface area contributed by atoms with Gasteiger partial charge in [-0.3, -0.25) is 0 Å². The molecule has 2 aromatic rings. The van der Waals surface area contributed by atoms with Crippen LogP contribution in [0.5, 0.6) is 5.75 Å². The molecular weight excluding hydrogens is 304 g/mol. The molecule has 0 spiro atoms. The van der Waals surface area contributed by atoms with Crippen molar-refractivity contribution in [2.24, 2.45) is 0 Å². The second-order valence-corrected chi connectivity index (χ2v) is 6.48. The molecule has 1 aromatic carbocycles. The van der Waals surface area contributed by atoms with Crippen LogP contribution < -0.4 is 10.1 Å². The van der Waals surface area contributed by atoms with E-state index in [0.717, 1.165) is 35.8 Å². The molecule has 1 heterocycles. The van der Waals surface area contributed by atoms with Crippen LogP contribution in [0.15, 0.2) is 29.6 Å². The highest BCUT2D eigenvalue weighted by Gasteiger charge is 2.12. The molecule has 0 fully saturated rings. The Hall–Kier alpha value is -1.10. The fourth-order valence-electron chi connectivity index (χ4n) is 2.05. The van der Waals surface area contributed by atoms with E-state index in [1.54, 1.807) is 11.3 Å². The average Bonchev–Trinajstić information content (AvgIpc) is 2.87. The standard InChI is InChI=1S/C16H21ClN2OS/c1-3-7-18-14(9-15-11-21-12(2)19-15)10-20-16-6-4-5-13(17)8-16/h4-6,8,11,14,18H,3,7,9-10H2,1-2H3. The summed E-state index contributed by atoms with van der Waals surface area (Å²) in [4.78, 5) is 4.53. The van der Waals surface area contributed by atoms with Crippen LogP contribution in [0, 0.1) is 6.92 Å². The van der Waals surface area contributed by atoms with Crippen molar-refractivity contribution >= 4 is 22.9 Å². The van der Waals surface area contributed by atoms with E-state index >= 15 is 0 Å². The number of aryl methyl sites for hydroxylation is 1. The summed E-state index contributed by atoms with van der Waals surface area (Å²) in [7, 11) is 0. The molecule has 2 rings (SSSR count). The summed E-state index contributed by atoms with van der Waals surface area (Å²) in [6.07, 6.45) is 1.98. The minimum absolute atomic E-state index is 0.255. The summed E-state index contributed by atoms with van der Waals surface area (Å²) in [5, 5.41) is 7.44. The molecule has 21 heavy (non-hydrogen) atoms. The zero-order valence-corrected chi connectivity index (χ0v) is 14.0. The van der Waals surface area contributed by atoms with E-state index in [2.05, 4.69) is 22.6 Å². The molecule has 5 heteroatoms. The molecule has 0 aliphatic carbocycles. The van der Waals surface area contributed by atoms with Crippen molar-refractivity contribution in [1.29, 1.82) is 0 Å². The molecular formula is C16H21ClN2OS. The number of benzene rings is 1. The maximum absolute atomic E-state index is 5.97. The van der Waals surface area contributed by atoms with Gasteiger partial charge in [-0.15, -0.1) is 11.3 Å². The first-order valence-electron chi connectivity index (χ1n) is 7.20. The first-order chi connectivity index (χ1) is 10.2. The van der Waals surface area contributed by atoms with Crippen LogP contribution in [-0.4, -0.2) is 24.2 Å². The maximum Gasteiger partial charge on any atom is 0.120 e. The van der Waals surface area contributed by atoms with Gasteiger partial charge in [-0.25, -0.2) is 4.98 Å². The van der Waals surface area contributed by atoms with Crippen LogP contribution in [0.2, 0.25) is 5.02 Å². The Morgan fingerprint density at radius 3 is 2.95 bits per heavy atom. The Bertz CT molecular complexity index is 559. The largest absolute Gasteiger partial charge is 0.492 e. The number of thiazole rings is 1. The quantitative estimate of drug-likeness (QED) is 0.794. The zero-order valence-electron chi connectivity index (χ0n) is 12.4. The second-order valence-electron chi connectivity index (χ2n) is 4.98. The van der Waals surface area contributed by atoms with Crippen LogP contribution in [-0.2, 0) is 6.42 Å². The van der Waals surface area contributed by atoms with Crippen molar-refractivity contribution in [1.82, 2.24) is 10.3 Å². The summed E-state index contributed by atoms with van der Waals surface area (Å²) in [5.74, 6) is 0.806. The number of hydrogen-bond donors (Lipinski definition) is 1. The second kappa shape index (κ2) is 8.37. The van der Waals surface area contributed by atoms with Gasteiger partial charge in [0.25, 0.3) is 0 Å². The van der Waals surface area contributed by atoms with Gasteiger partial charge >= 0.3 is 0 Å². The molecule has 0 bridgehead atoms. The molecule has 0 aliphatic heterocycles. The van der Waals surface area contributed by atoms with Crippen molar-refractivity contribution in [3.63, 3.8) is 0 Å². The number of halogens is 1. The maximum atomic E-state index is 5.97. The molecule has 0 saturated carbocycles. The fraction of sp³-hybridized carbons (Fsp3) is 0.438. The summed E-state index contributed by atoms with van der Waals surface area (Å²) in [6.45, 7) is 5.78. The molecule has 0 aliphatic rings. The third-order valence-corrected chi connectivity index (χ3v) is 4.11. The van der Waals surface area contributed by atoms with Crippen LogP contribution in [0.3, 0.4) is 0 Å². The normalized spacial score (nSPS) is 12.3. The number of hydrogen-bond acceptors (Lipinski definition) is 4. The molecule has 1 N–H and O–H groups in total. The van der Waals surface area contributed by atoms with E-state index in [4.69, 9.17) is 16.3 Å². The van der Waals surface area contributed by atoms with Crippen molar-refractivity contribution < 1.29 is 4.74 Å². The first-order valence-corrected chi connectivity index (χ1v) is 8.46. The van der Waals surface area contributed by atoms with Crippen LogP contribution in [0.25, 0.3) is 0 Å². The summed E-state index contributed by atoms with van der Waals surface area (Å²) in [6, 6.07) is 7.77. The molecule has 0 amide bonds. The topological polar surface area (TPSA) is 34.1 Å². The van der Waals surface area contributed by atoms with Gasteiger partial charge in [-0.2, -0.15) is 0 Å². The highest BCUT2D eigenvalue weighted by Crippen LogP contribution is 2.18. The number of rotatable bonds is 8. The highest BCUT2D eigenvalue weighted by molar-refractivity contribution is 7.09. The summed E-state index contributed by atoms with van der Waals surface area (Å²) in [5.41, 5.74) is 1.13. The fourth-order valence-corrected chi connectivity index (χ4v) is 2.85. The van der Waals surface area contributed by atoms with E-state index in [-0.39, 0.29) is 6.04 Å². The van der Waals surface area contributed by atoms with E-state index in [0.29, 0.717) is 11.6 Å². The molecule has 1 unspecified atom stereocenters. The Morgan fingerprint density at radius 1 is 1.43 bits per heavy atom.